The third-order valence-electron chi connectivity index (χ3n) is 2.18. The van der Waals surface area contributed by atoms with Crippen molar-refractivity contribution >= 4 is 5.78 Å². The minimum Gasteiger partial charge on any atom is -0.502 e. The summed E-state index contributed by atoms with van der Waals surface area (Å²) in [4.78, 5) is 11.4. The molecular weight excluding hydrogens is 212 g/mol. The topological polar surface area (TPSA) is 65.0 Å². The third kappa shape index (κ3) is 1.88. The normalized spacial score (nSPS) is 9.75. The largest absolute Gasteiger partial charge is 0.502 e. The average molecular weight is 226 g/mol. The van der Waals surface area contributed by atoms with Gasteiger partial charge in [0.05, 0.1) is 26.9 Å². The highest BCUT2D eigenvalue weighted by Crippen LogP contribution is 2.45. The second-order valence-corrected chi connectivity index (χ2v) is 3.10. The van der Waals surface area contributed by atoms with Gasteiger partial charge in [0, 0.05) is 0 Å². The first kappa shape index (κ1) is 12.2. The molecule has 0 unspecified atom stereocenters. The lowest BCUT2D eigenvalue weighted by atomic mass is 10.1. The predicted molar refractivity (Wildman–Crippen MR) is 57.8 cm³/mol. The zero-order valence-electron chi connectivity index (χ0n) is 9.66. The Hall–Kier alpha value is -1.91. The average Bonchev–Trinajstić information content (AvgIpc) is 2.27. The molecule has 88 valence electrons. The number of carbonyl (C=O) groups is 1. The molecule has 5 nitrogen and oxygen atoms in total. The fourth-order valence-corrected chi connectivity index (χ4v) is 1.43. The molecule has 0 saturated heterocycles. The summed E-state index contributed by atoms with van der Waals surface area (Å²) in [5.41, 5.74) is 0.248. The Morgan fingerprint density at radius 2 is 1.69 bits per heavy atom. The van der Waals surface area contributed by atoms with Crippen LogP contribution in [-0.4, -0.2) is 32.2 Å². The maximum absolute atomic E-state index is 11.4. The molecule has 0 radical (unpaired) electrons. The number of hydrogen-bond acceptors (Lipinski definition) is 5. The van der Waals surface area contributed by atoms with E-state index in [1.165, 1.54) is 34.3 Å². The highest BCUT2D eigenvalue weighted by atomic mass is 16.5. The fourth-order valence-electron chi connectivity index (χ4n) is 1.43. The van der Waals surface area contributed by atoms with Crippen molar-refractivity contribution in [2.24, 2.45) is 0 Å². The van der Waals surface area contributed by atoms with Crippen LogP contribution in [-0.2, 0) is 0 Å². The van der Waals surface area contributed by atoms with Crippen molar-refractivity contribution in [3.8, 4) is 23.0 Å². The summed E-state index contributed by atoms with van der Waals surface area (Å²) in [6.07, 6.45) is 0. The molecule has 5 heteroatoms. The van der Waals surface area contributed by atoms with Gasteiger partial charge in [-0.1, -0.05) is 0 Å². The van der Waals surface area contributed by atoms with Crippen molar-refractivity contribution < 1.29 is 24.1 Å². The monoisotopic (exact) mass is 226 g/mol. The molecule has 0 spiro atoms. The first-order valence-corrected chi connectivity index (χ1v) is 4.59. The van der Waals surface area contributed by atoms with Crippen molar-refractivity contribution in [2.75, 3.05) is 21.3 Å². The van der Waals surface area contributed by atoms with E-state index < -0.39 is 0 Å². The molecule has 0 saturated carbocycles. The van der Waals surface area contributed by atoms with E-state index in [0.29, 0.717) is 0 Å². The van der Waals surface area contributed by atoms with Crippen LogP contribution in [0.4, 0.5) is 0 Å². The molecule has 1 N–H and O–H groups in total. The maximum atomic E-state index is 11.4. The van der Waals surface area contributed by atoms with Gasteiger partial charge in [0.1, 0.15) is 0 Å². The molecule has 0 fully saturated rings. The van der Waals surface area contributed by atoms with Gasteiger partial charge in [-0.05, 0) is 13.0 Å². The van der Waals surface area contributed by atoms with Gasteiger partial charge in [-0.3, -0.25) is 4.79 Å². The van der Waals surface area contributed by atoms with E-state index in [4.69, 9.17) is 14.2 Å². The van der Waals surface area contributed by atoms with Gasteiger partial charge in [-0.25, -0.2) is 0 Å². The van der Waals surface area contributed by atoms with Crippen LogP contribution < -0.4 is 14.2 Å². The van der Waals surface area contributed by atoms with E-state index in [1.807, 2.05) is 0 Å². The predicted octanol–water partition coefficient (Wildman–Crippen LogP) is 1.62. The van der Waals surface area contributed by atoms with Crippen molar-refractivity contribution in [3.63, 3.8) is 0 Å². The van der Waals surface area contributed by atoms with Gasteiger partial charge >= 0.3 is 0 Å². The summed E-state index contributed by atoms with van der Waals surface area (Å²) < 4.78 is 15.0. The number of aromatic hydroxyl groups is 1. The summed E-state index contributed by atoms with van der Waals surface area (Å²) in [6, 6.07) is 1.47. The SMILES string of the molecule is COc1cc(C(C)=O)c(OC)c(O)c1OC. The van der Waals surface area contributed by atoms with E-state index >= 15 is 0 Å². The van der Waals surface area contributed by atoms with Gasteiger partial charge in [0.2, 0.25) is 11.5 Å². The van der Waals surface area contributed by atoms with Crippen molar-refractivity contribution in [2.45, 2.75) is 6.92 Å². The Morgan fingerprint density at radius 3 is 2.06 bits per heavy atom. The molecule has 1 rings (SSSR count). The first-order chi connectivity index (χ1) is 7.56. The Labute approximate surface area is 93.6 Å². The zero-order chi connectivity index (χ0) is 12.3. The summed E-state index contributed by atoms with van der Waals surface area (Å²) >= 11 is 0. The summed E-state index contributed by atoms with van der Waals surface area (Å²) in [6.45, 7) is 1.38. The van der Waals surface area contributed by atoms with Crippen LogP contribution in [0.25, 0.3) is 0 Å². The Kier molecular flexibility index (Phi) is 3.60. The lowest BCUT2D eigenvalue weighted by Gasteiger charge is -2.14. The number of benzene rings is 1. The molecule has 0 heterocycles. The molecule has 1 aromatic rings. The molecule has 0 aliphatic heterocycles. The second kappa shape index (κ2) is 4.74. The van der Waals surface area contributed by atoms with Gasteiger partial charge in [0.25, 0.3) is 0 Å². The Bertz CT molecular complexity index is 411. The maximum Gasteiger partial charge on any atom is 0.207 e. The lowest BCUT2D eigenvalue weighted by Crippen LogP contribution is -2.01. The van der Waals surface area contributed by atoms with E-state index in [0.717, 1.165) is 0 Å². The summed E-state index contributed by atoms with van der Waals surface area (Å²) in [7, 11) is 4.19. The number of Topliss-reactive ketones (excluding diaryl/α,β-unsaturated/α-hetero) is 1. The fraction of sp³-hybridized carbons (Fsp3) is 0.364. The molecule has 0 aromatic heterocycles. The lowest BCUT2D eigenvalue weighted by molar-refractivity contribution is 0.101. The van der Waals surface area contributed by atoms with Crippen LogP contribution in [0.15, 0.2) is 6.07 Å². The van der Waals surface area contributed by atoms with E-state index in [1.54, 1.807) is 0 Å². The van der Waals surface area contributed by atoms with Crippen molar-refractivity contribution in [1.29, 1.82) is 0 Å². The molecule has 0 aliphatic carbocycles. The van der Waals surface area contributed by atoms with Gasteiger partial charge < -0.3 is 19.3 Å². The smallest absolute Gasteiger partial charge is 0.207 e. The number of rotatable bonds is 4. The summed E-state index contributed by atoms with van der Waals surface area (Å²) in [5, 5.41) is 9.85. The highest BCUT2D eigenvalue weighted by Gasteiger charge is 2.21. The van der Waals surface area contributed by atoms with Crippen LogP contribution in [0, 0.1) is 0 Å². The van der Waals surface area contributed by atoms with Crippen LogP contribution in [0.2, 0.25) is 0 Å². The molecule has 0 aliphatic rings. The number of ether oxygens (including phenoxy) is 3. The molecule has 16 heavy (non-hydrogen) atoms. The summed E-state index contributed by atoms with van der Waals surface area (Å²) in [5.74, 6) is 0.0446. The molecule has 0 bridgehead atoms. The first-order valence-electron chi connectivity index (χ1n) is 4.59. The van der Waals surface area contributed by atoms with E-state index in [-0.39, 0.29) is 34.3 Å². The van der Waals surface area contributed by atoms with Crippen LogP contribution in [0.5, 0.6) is 23.0 Å². The zero-order valence-corrected chi connectivity index (χ0v) is 9.66. The number of phenols is 1. The highest BCUT2D eigenvalue weighted by molar-refractivity contribution is 5.99. The van der Waals surface area contributed by atoms with Crippen molar-refractivity contribution in [1.82, 2.24) is 0 Å². The van der Waals surface area contributed by atoms with Crippen LogP contribution in [0.1, 0.15) is 17.3 Å². The second-order valence-electron chi connectivity index (χ2n) is 3.10. The van der Waals surface area contributed by atoms with Gasteiger partial charge in [-0.15, -0.1) is 0 Å². The quantitative estimate of drug-likeness (QED) is 0.790. The van der Waals surface area contributed by atoms with Gasteiger partial charge in [0.15, 0.2) is 17.3 Å². The number of carbonyl (C=O) groups excluding carboxylic acids is 1. The van der Waals surface area contributed by atoms with E-state index in [9.17, 15) is 9.90 Å². The van der Waals surface area contributed by atoms with E-state index in [2.05, 4.69) is 0 Å². The van der Waals surface area contributed by atoms with Crippen LogP contribution in [0.3, 0.4) is 0 Å². The van der Waals surface area contributed by atoms with Crippen molar-refractivity contribution in [3.05, 3.63) is 11.6 Å². The molecule has 0 amide bonds. The molecular formula is C11H14O5. The minimum absolute atomic E-state index is 0.0881. The Morgan fingerprint density at radius 1 is 1.12 bits per heavy atom. The number of phenolic OH excluding ortho intramolecular Hbond substituents is 1. The minimum atomic E-state index is -0.241. The molecule has 0 atom stereocenters. The molecule has 1 aromatic carbocycles. The number of methoxy groups -OCH3 is 3. The third-order valence-corrected chi connectivity index (χ3v) is 2.18. The Balaban J connectivity index is 3.54. The number of ketones is 1. The standard InChI is InChI=1S/C11H14O5/c1-6(12)7-5-8(14-2)11(16-4)9(13)10(7)15-3/h5,13H,1-4H3. The number of hydrogen-bond donors (Lipinski definition) is 1. The van der Waals surface area contributed by atoms with Gasteiger partial charge in [-0.2, -0.15) is 0 Å². The van der Waals surface area contributed by atoms with Crippen LogP contribution >= 0.6 is 0 Å².